The summed E-state index contributed by atoms with van der Waals surface area (Å²) in [7, 11) is 0. The van der Waals surface area contributed by atoms with Crippen molar-refractivity contribution in [1.29, 1.82) is 0 Å². The highest BCUT2D eigenvalue weighted by atomic mass is 16.6. The molecule has 0 aromatic rings. The topological polar surface area (TPSA) is 84.9 Å². The number of carbonyl (C=O) groups is 2. The summed E-state index contributed by atoms with van der Waals surface area (Å²) in [6.07, 6.45) is 9.46. The lowest BCUT2D eigenvalue weighted by Crippen LogP contribution is -2.53. The third-order valence-corrected chi connectivity index (χ3v) is 9.35. The Morgan fingerprint density at radius 3 is 2.45 bits per heavy atom. The predicted octanol–water partition coefficient (Wildman–Crippen LogP) is 5.75. The minimum absolute atomic E-state index is 0.0889. The molecular weight excluding hydrogens is 418 g/mol. The predicted molar refractivity (Wildman–Crippen MR) is 129 cm³/mol. The molecule has 0 heterocycles. The van der Waals surface area contributed by atoms with Crippen LogP contribution in [0.5, 0.6) is 0 Å². The van der Waals surface area contributed by atoms with Gasteiger partial charge in [0.1, 0.15) is 17.7 Å². The van der Waals surface area contributed by atoms with E-state index in [1.165, 1.54) is 6.42 Å². The fourth-order valence-corrected chi connectivity index (χ4v) is 7.04. The second-order valence-electron chi connectivity index (χ2n) is 12.7. The van der Waals surface area contributed by atoms with Crippen LogP contribution in [0.2, 0.25) is 0 Å². The first-order valence-corrected chi connectivity index (χ1v) is 13.1. The van der Waals surface area contributed by atoms with Gasteiger partial charge in [0.05, 0.1) is 5.60 Å². The summed E-state index contributed by atoms with van der Waals surface area (Å²) in [5, 5.41) is 14.1. The maximum absolute atomic E-state index is 12.6. The molecule has 3 fully saturated rings. The number of alkyl carbamates (subject to hydrolysis) is 1. The smallest absolute Gasteiger partial charge is 0.408 e. The second-order valence-corrected chi connectivity index (χ2v) is 12.7. The van der Waals surface area contributed by atoms with Crippen LogP contribution < -0.4 is 5.32 Å². The SMILES string of the molecule is CC[C@@H]1C[C@@H](OC(=O)[C@@H](C)NC(=O)OC(C)(C)C)CC[C@]1(C)[C@H]1CC[C@]2(C)CCC[C@]2(O)C1. The van der Waals surface area contributed by atoms with E-state index in [0.29, 0.717) is 11.8 Å². The highest BCUT2D eigenvalue weighted by Crippen LogP contribution is 2.62. The standard InChI is InChI=1S/C27H47NO5/c1-8-19-16-21(32-22(29)18(2)28-23(30)33-24(3,4)5)11-15-26(19,7)20-10-14-25(6)12-9-13-27(25,31)17-20/h18-21,31H,8-17H2,1-7H3,(H,28,30)/t18-,19-,20+,21+,25+,26+,27+/m1/s1. The third kappa shape index (κ3) is 5.52. The number of nitrogens with one attached hydrogen (secondary N) is 1. The van der Waals surface area contributed by atoms with E-state index >= 15 is 0 Å². The number of rotatable bonds is 5. The van der Waals surface area contributed by atoms with Crippen molar-refractivity contribution in [3.05, 3.63) is 0 Å². The molecule has 7 atom stereocenters. The molecule has 0 aliphatic heterocycles. The molecule has 3 rings (SSSR count). The van der Waals surface area contributed by atoms with Gasteiger partial charge < -0.3 is 19.9 Å². The summed E-state index contributed by atoms with van der Waals surface area (Å²) in [6, 6.07) is -0.749. The van der Waals surface area contributed by atoms with Gasteiger partial charge >= 0.3 is 12.1 Å². The fourth-order valence-electron chi connectivity index (χ4n) is 7.04. The highest BCUT2D eigenvalue weighted by molar-refractivity contribution is 5.81. The van der Waals surface area contributed by atoms with Gasteiger partial charge in [0, 0.05) is 0 Å². The lowest BCUT2D eigenvalue weighted by molar-refractivity contribution is -0.161. The average Bonchev–Trinajstić information content (AvgIpc) is 3.01. The molecule has 33 heavy (non-hydrogen) atoms. The van der Waals surface area contributed by atoms with Crippen LogP contribution in [0.25, 0.3) is 0 Å². The Hall–Kier alpha value is -1.30. The first-order valence-electron chi connectivity index (χ1n) is 13.1. The van der Waals surface area contributed by atoms with E-state index in [-0.39, 0.29) is 16.9 Å². The third-order valence-electron chi connectivity index (χ3n) is 9.35. The molecule has 0 bridgehead atoms. The van der Waals surface area contributed by atoms with E-state index in [1.54, 1.807) is 27.7 Å². The zero-order valence-corrected chi connectivity index (χ0v) is 22.0. The van der Waals surface area contributed by atoms with E-state index in [2.05, 4.69) is 26.1 Å². The van der Waals surface area contributed by atoms with Gasteiger partial charge in [-0.2, -0.15) is 0 Å². The van der Waals surface area contributed by atoms with E-state index in [4.69, 9.17) is 9.47 Å². The molecule has 0 unspecified atom stereocenters. The van der Waals surface area contributed by atoms with Crippen molar-refractivity contribution in [3.8, 4) is 0 Å². The van der Waals surface area contributed by atoms with Crippen LogP contribution in [-0.2, 0) is 14.3 Å². The lowest BCUT2D eigenvalue weighted by atomic mass is 9.52. The lowest BCUT2D eigenvalue weighted by Gasteiger charge is -2.55. The quantitative estimate of drug-likeness (QED) is 0.505. The van der Waals surface area contributed by atoms with Crippen molar-refractivity contribution in [2.75, 3.05) is 0 Å². The Bertz CT molecular complexity index is 733. The number of hydrogen-bond acceptors (Lipinski definition) is 5. The van der Waals surface area contributed by atoms with Crippen LogP contribution in [0.4, 0.5) is 4.79 Å². The first-order chi connectivity index (χ1) is 15.2. The van der Waals surface area contributed by atoms with Crippen molar-refractivity contribution in [2.45, 2.75) is 136 Å². The Morgan fingerprint density at radius 1 is 1.12 bits per heavy atom. The van der Waals surface area contributed by atoms with Gasteiger partial charge in [-0.05, 0) is 108 Å². The van der Waals surface area contributed by atoms with Crippen LogP contribution >= 0.6 is 0 Å². The highest BCUT2D eigenvalue weighted by Gasteiger charge is 2.57. The summed E-state index contributed by atoms with van der Waals surface area (Å²) in [5.41, 5.74) is -0.870. The number of fused-ring (bicyclic) bond motifs is 1. The summed E-state index contributed by atoms with van der Waals surface area (Å²) in [6.45, 7) is 13.9. The zero-order chi connectivity index (χ0) is 24.7. The first kappa shape index (κ1) is 26.3. The molecule has 3 aliphatic rings. The maximum Gasteiger partial charge on any atom is 0.408 e. The molecule has 0 radical (unpaired) electrons. The number of amides is 1. The maximum atomic E-state index is 12.6. The molecule has 1 amide bonds. The van der Waals surface area contributed by atoms with Crippen molar-refractivity contribution in [2.24, 2.45) is 22.7 Å². The number of carbonyl (C=O) groups excluding carboxylic acids is 2. The summed E-state index contributed by atoms with van der Waals surface area (Å²) < 4.78 is 11.1. The summed E-state index contributed by atoms with van der Waals surface area (Å²) >= 11 is 0. The second kappa shape index (κ2) is 9.39. The number of aliphatic hydroxyl groups is 1. The van der Waals surface area contributed by atoms with Gasteiger partial charge in [0.15, 0.2) is 0 Å². The average molecular weight is 466 g/mol. The van der Waals surface area contributed by atoms with E-state index < -0.39 is 29.3 Å². The summed E-state index contributed by atoms with van der Waals surface area (Å²) in [4.78, 5) is 24.6. The molecule has 3 saturated carbocycles. The molecule has 0 aromatic carbocycles. The molecule has 6 nitrogen and oxygen atoms in total. The van der Waals surface area contributed by atoms with Crippen molar-refractivity contribution < 1.29 is 24.2 Å². The van der Waals surface area contributed by atoms with E-state index in [9.17, 15) is 14.7 Å². The van der Waals surface area contributed by atoms with Crippen LogP contribution in [0.3, 0.4) is 0 Å². The van der Waals surface area contributed by atoms with Gasteiger partial charge in [0.2, 0.25) is 0 Å². The van der Waals surface area contributed by atoms with Gasteiger partial charge in [0.25, 0.3) is 0 Å². The zero-order valence-electron chi connectivity index (χ0n) is 22.0. The number of hydrogen-bond donors (Lipinski definition) is 2. The van der Waals surface area contributed by atoms with Crippen LogP contribution in [0, 0.1) is 22.7 Å². The van der Waals surface area contributed by atoms with Gasteiger partial charge in [-0.3, -0.25) is 0 Å². The normalized spacial score (nSPS) is 39.9. The molecule has 190 valence electrons. The van der Waals surface area contributed by atoms with Crippen LogP contribution in [-0.4, -0.2) is 40.5 Å². The Morgan fingerprint density at radius 2 is 1.82 bits per heavy atom. The molecule has 0 saturated heterocycles. The van der Waals surface area contributed by atoms with Crippen LogP contribution in [0.15, 0.2) is 0 Å². The molecule has 0 aromatic heterocycles. The summed E-state index contributed by atoms with van der Waals surface area (Å²) in [5.74, 6) is 0.568. The largest absolute Gasteiger partial charge is 0.461 e. The Kier molecular flexibility index (Phi) is 7.49. The molecule has 6 heteroatoms. The monoisotopic (exact) mass is 465 g/mol. The number of esters is 1. The van der Waals surface area contributed by atoms with E-state index in [1.807, 2.05) is 0 Å². The van der Waals surface area contributed by atoms with Crippen molar-refractivity contribution >= 4 is 12.1 Å². The van der Waals surface area contributed by atoms with Crippen molar-refractivity contribution in [1.82, 2.24) is 5.32 Å². The van der Waals surface area contributed by atoms with Gasteiger partial charge in [-0.25, -0.2) is 9.59 Å². The Balaban J connectivity index is 1.58. The molecule has 2 N–H and O–H groups in total. The minimum atomic E-state index is -0.749. The van der Waals surface area contributed by atoms with Crippen LogP contribution in [0.1, 0.15) is 113 Å². The molecular formula is C27H47NO5. The van der Waals surface area contributed by atoms with Gasteiger partial charge in [-0.15, -0.1) is 0 Å². The number of ether oxygens (including phenoxy) is 2. The minimum Gasteiger partial charge on any atom is -0.461 e. The van der Waals surface area contributed by atoms with Gasteiger partial charge in [-0.1, -0.05) is 27.2 Å². The van der Waals surface area contributed by atoms with E-state index in [0.717, 1.165) is 57.8 Å². The fraction of sp³-hybridized carbons (Fsp3) is 0.926. The molecule has 3 aliphatic carbocycles. The van der Waals surface area contributed by atoms with Crippen molar-refractivity contribution in [3.63, 3.8) is 0 Å². The Labute approximate surface area is 200 Å². The molecule has 0 spiro atoms.